The molecule has 0 aliphatic heterocycles. The number of nitrogens with one attached hydrogen (secondary N) is 2. The van der Waals surface area contributed by atoms with Crippen molar-refractivity contribution in [3.05, 3.63) is 21.5 Å². The van der Waals surface area contributed by atoms with Gasteiger partial charge < -0.3 is 15.4 Å². The van der Waals surface area contributed by atoms with Gasteiger partial charge >= 0.3 is 5.97 Å². The van der Waals surface area contributed by atoms with E-state index in [2.05, 4.69) is 32.9 Å². The first-order valence-corrected chi connectivity index (χ1v) is 6.35. The largest absolute Gasteiger partial charge is 0.480 e. The van der Waals surface area contributed by atoms with Crippen LogP contribution in [0.1, 0.15) is 30.8 Å². The molecule has 1 atom stereocenters. The molecule has 5 nitrogen and oxygen atoms in total. The summed E-state index contributed by atoms with van der Waals surface area (Å²) in [6.07, 6.45) is 2.10. The fraction of sp³-hybridized carbons (Fsp3) is 0.455. The van der Waals surface area contributed by atoms with E-state index in [1.54, 1.807) is 12.3 Å². The van der Waals surface area contributed by atoms with Crippen molar-refractivity contribution in [3.8, 4) is 0 Å². The lowest BCUT2D eigenvalue weighted by molar-refractivity contribution is -0.139. The molecular formula is C11H15IN2O3. The lowest BCUT2D eigenvalue weighted by Gasteiger charge is -2.15. The molecule has 1 rings (SSSR count). The van der Waals surface area contributed by atoms with E-state index >= 15 is 0 Å². The minimum atomic E-state index is -1.01. The van der Waals surface area contributed by atoms with Crippen molar-refractivity contribution in [2.75, 3.05) is 0 Å². The number of aromatic nitrogens is 1. The molecule has 6 heteroatoms. The number of carbonyl (C=O) groups excluding carboxylic acids is 1. The summed E-state index contributed by atoms with van der Waals surface area (Å²) in [5.41, 5.74) is 0.379. The number of carbonyl (C=O) groups is 2. The number of carboxylic acids is 1. The standard InChI is InChI=1S/C11H15IN2O3/c1-6(2)3-9(11(16)17)14-10(15)8-4-7(12)5-13-8/h4-6,9,13H,3H2,1-2H3,(H,14,15)(H,16,17)/t9-/m1/s1. The van der Waals surface area contributed by atoms with Crippen molar-refractivity contribution in [2.24, 2.45) is 5.92 Å². The van der Waals surface area contributed by atoms with Crippen LogP contribution < -0.4 is 5.32 Å². The number of hydrogen-bond acceptors (Lipinski definition) is 2. The van der Waals surface area contributed by atoms with Crippen LogP contribution in [-0.4, -0.2) is 28.0 Å². The Hall–Kier alpha value is -1.05. The molecule has 0 unspecified atom stereocenters. The fourth-order valence-electron chi connectivity index (χ4n) is 1.43. The van der Waals surface area contributed by atoms with Gasteiger partial charge in [0.05, 0.1) is 0 Å². The molecule has 0 radical (unpaired) electrons. The van der Waals surface area contributed by atoms with E-state index in [0.29, 0.717) is 12.1 Å². The summed E-state index contributed by atoms with van der Waals surface area (Å²) in [6.45, 7) is 3.83. The van der Waals surface area contributed by atoms with Crippen LogP contribution in [0.15, 0.2) is 12.3 Å². The highest BCUT2D eigenvalue weighted by atomic mass is 127. The van der Waals surface area contributed by atoms with Crippen molar-refractivity contribution in [1.82, 2.24) is 10.3 Å². The lowest BCUT2D eigenvalue weighted by atomic mass is 10.0. The normalized spacial score (nSPS) is 12.5. The summed E-state index contributed by atoms with van der Waals surface area (Å²) in [4.78, 5) is 25.5. The number of amides is 1. The number of halogens is 1. The summed E-state index contributed by atoms with van der Waals surface area (Å²) in [5, 5.41) is 11.5. The molecule has 0 bridgehead atoms. The van der Waals surface area contributed by atoms with Gasteiger partial charge in [-0.15, -0.1) is 0 Å². The van der Waals surface area contributed by atoms with E-state index in [9.17, 15) is 9.59 Å². The number of aromatic amines is 1. The molecule has 0 aliphatic carbocycles. The molecule has 1 heterocycles. The van der Waals surface area contributed by atoms with Gasteiger partial charge in [0.25, 0.3) is 5.91 Å². The van der Waals surface area contributed by atoms with Crippen LogP contribution in [0.5, 0.6) is 0 Å². The van der Waals surface area contributed by atoms with Crippen LogP contribution in [0, 0.1) is 9.49 Å². The van der Waals surface area contributed by atoms with Crippen molar-refractivity contribution < 1.29 is 14.7 Å². The smallest absolute Gasteiger partial charge is 0.326 e. The predicted octanol–water partition coefficient (Wildman–Crippen LogP) is 1.85. The molecule has 0 aromatic carbocycles. The van der Waals surface area contributed by atoms with Gasteiger partial charge in [0.15, 0.2) is 0 Å². The van der Waals surface area contributed by atoms with Crippen molar-refractivity contribution in [3.63, 3.8) is 0 Å². The van der Waals surface area contributed by atoms with Crippen LogP contribution in [0.4, 0.5) is 0 Å². The van der Waals surface area contributed by atoms with Gasteiger partial charge in [-0.25, -0.2) is 4.79 Å². The van der Waals surface area contributed by atoms with Gasteiger partial charge in [0.2, 0.25) is 0 Å². The fourth-order valence-corrected chi connectivity index (χ4v) is 1.90. The van der Waals surface area contributed by atoms with Crippen molar-refractivity contribution >= 4 is 34.5 Å². The second-order valence-corrected chi connectivity index (χ2v) is 5.47. The maximum Gasteiger partial charge on any atom is 0.326 e. The Kier molecular flexibility index (Phi) is 4.98. The molecule has 0 fully saturated rings. The zero-order valence-corrected chi connectivity index (χ0v) is 11.8. The Morgan fingerprint density at radius 2 is 2.18 bits per heavy atom. The monoisotopic (exact) mass is 350 g/mol. The highest BCUT2D eigenvalue weighted by Gasteiger charge is 2.22. The van der Waals surface area contributed by atoms with E-state index in [1.807, 2.05) is 13.8 Å². The molecule has 94 valence electrons. The molecule has 1 aromatic heterocycles. The molecule has 1 aromatic rings. The van der Waals surface area contributed by atoms with Gasteiger partial charge in [-0.05, 0) is 41.0 Å². The number of H-pyrrole nitrogens is 1. The number of hydrogen-bond donors (Lipinski definition) is 3. The molecule has 17 heavy (non-hydrogen) atoms. The maximum absolute atomic E-state index is 11.7. The van der Waals surface area contributed by atoms with E-state index in [1.165, 1.54) is 0 Å². The first-order valence-electron chi connectivity index (χ1n) is 5.27. The zero-order valence-electron chi connectivity index (χ0n) is 9.66. The average Bonchev–Trinajstić information content (AvgIpc) is 2.63. The molecule has 1 amide bonds. The van der Waals surface area contributed by atoms with Crippen LogP contribution in [0.25, 0.3) is 0 Å². The Bertz CT molecular complexity index is 415. The summed E-state index contributed by atoms with van der Waals surface area (Å²) in [7, 11) is 0. The van der Waals surface area contributed by atoms with Crippen LogP contribution in [0.2, 0.25) is 0 Å². The van der Waals surface area contributed by atoms with E-state index in [-0.39, 0.29) is 11.8 Å². The maximum atomic E-state index is 11.7. The Balaban J connectivity index is 2.67. The first kappa shape index (κ1) is 14.0. The van der Waals surface area contributed by atoms with Crippen LogP contribution >= 0.6 is 22.6 Å². The summed E-state index contributed by atoms with van der Waals surface area (Å²) in [6, 6.07) is 0.827. The minimum absolute atomic E-state index is 0.208. The average molecular weight is 350 g/mol. The van der Waals surface area contributed by atoms with Gasteiger partial charge in [-0.1, -0.05) is 13.8 Å². The summed E-state index contributed by atoms with van der Waals surface area (Å²) in [5.74, 6) is -1.19. The van der Waals surface area contributed by atoms with Crippen LogP contribution in [-0.2, 0) is 4.79 Å². The van der Waals surface area contributed by atoms with Crippen molar-refractivity contribution in [1.29, 1.82) is 0 Å². The number of carboxylic acid groups (broad SMARTS) is 1. The Morgan fingerprint density at radius 1 is 1.53 bits per heavy atom. The molecule has 3 N–H and O–H groups in total. The molecule has 0 aliphatic rings. The van der Waals surface area contributed by atoms with E-state index in [4.69, 9.17) is 5.11 Å². The SMILES string of the molecule is CC(C)C[C@@H](NC(=O)c1cc(I)c[nH]1)C(=O)O. The summed E-state index contributed by atoms with van der Waals surface area (Å²) >= 11 is 2.07. The Morgan fingerprint density at radius 3 is 2.59 bits per heavy atom. The Labute approximate surface area is 113 Å². The first-order chi connectivity index (χ1) is 7.90. The highest BCUT2D eigenvalue weighted by molar-refractivity contribution is 14.1. The third-order valence-corrected chi connectivity index (χ3v) is 2.83. The third kappa shape index (κ3) is 4.37. The van der Waals surface area contributed by atoms with Gasteiger partial charge in [0.1, 0.15) is 11.7 Å². The van der Waals surface area contributed by atoms with Gasteiger partial charge in [0, 0.05) is 9.77 Å². The summed E-state index contributed by atoms with van der Waals surface area (Å²) < 4.78 is 0.906. The quantitative estimate of drug-likeness (QED) is 0.709. The topological polar surface area (TPSA) is 82.2 Å². The van der Waals surface area contributed by atoms with E-state index < -0.39 is 12.0 Å². The third-order valence-electron chi connectivity index (χ3n) is 2.20. The minimum Gasteiger partial charge on any atom is -0.480 e. The highest BCUT2D eigenvalue weighted by Crippen LogP contribution is 2.09. The lowest BCUT2D eigenvalue weighted by Crippen LogP contribution is -2.41. The van der Waals surface area contributed by atoms with Gasteiger partial charge in [-0.2, -0.15) is 0 Å². The number of rotatable bonds is 5. The molecule has 0 saturated heterocycles. The second kappa shape index (κ2) is 6.04. The second-order valence-electron chi connectivity index (χ2n) is 4.23. The number of aliphatic carboxylic acids is 1. The van der Waals surface area contributed by atoms with Crippen LogP contribution in [0.3, 0.4) is 0 Å². The molecule has 0 saturated carbocycles. The predicted molar refractivity (Wildman–Crippen MR) is 71.9 cm³/mol. The van der Waals surface area contributed by atoms with E-state index in [0.717, 1.165) is 3.57 Å². The van der Waals surface area contributed by atoms with Crippen molar-refractivity contribution in [2.45, 2.75) is 26.3 Å². The zero-order chi connectivity index (χ0) is 13.0. The van der Waals surface area contributed by atoms with Gasteiger partial charge in [-0.3, -0.25) is 4.79 Å². The molecule has 0 spiro atoms. The molecular weight excluding hydrogens is 335 g/mol.